The first-order chi connectivity index (χ1) is 31.6. The van der Waals surface area contributed by atoms with E-state index < -0.39 is 7.44 Å². The Morgan fingerprint density at radius 1 is 0.453 bits per heavy atom. The summed E-state index contributed by atoms with van der Waals surface area (Å²) in [5.74, 6) is 0.360. The smallest absolute Gasteiger partial charge is 0.304 e. The quantitative estimate of drug-likeness (QED) is 0.107. The molecule has 306 valence electrons. The number of benzene rings is 8. The fourth-order valence-electron chi connectivity index (χ4n) is 8.93. The zero-order valence-corrected chi connectivity index (χ0v) is 36.0. The molecule has 11 rings (SSSR count). The van der Waals surface area contributed by atoms with Crippen molar-refractivity contribution in [2.75, 3.05) is 9.34 Å². The SMILES string of the molecule is C\C=C/C=C\C=C\n1c2ccccc2c2cc(-c3ccc4c(c3)N(c3nc(-c5ccc(-c6ccccc6)cc5)c5ccccc5n3)P(=O)(c3ccccc3)N4c3ccccc3)ccc21. The van der Waals surface area contributed by atoms with Crippen molar-refractivity contribution < 1.29 is 4.57 Å². The maximum Gasteiger partial charge on any atom is 0.304 e. The van der Waals surface area contributed by atoms with Crippen LogP contribution in [0.2, 0.25) is 0 Å². The predicted octanol–water partition coefficient (Wildman–Crippen LogP) is 15.2. The highest BCUT2D eigenvalue weighted by Crippen LogP contribution is 2.70. The molecule has 0 fully saturated rings. The summed E-state index contributed by atoms with van der Waals surface area (Å²) in [6, 6.07) is 68.3. The molecule has 1 aliphatic heterocycles. The van der Waals surface area contributed by atoms with Crippen LogP contribution in [0.15, 0.2) is 231 Å². The number of para-hydroxylation sites is 3. The third kappa shape index (κ3) is 6.64. The number of aromatic nitrogens is 3. The van der Waals surface area contributed by atoms with Gasteiger partial charge in [0.1, 0.15) is 0 Å². The van der Waals surface area contributed by atoms with Crippen LogP contribution in [0.3, 0.4) is 0 Å². The zero-order chi connectivity index (χ0) is 43.0. The van der Waals surface area contributed by atoms with Gasteiger partial charge in [0.05, 0.1) is 38.9 Å². The van der Waals surface area contributed by atoms with Gasteiger partial charge in [0.2, 0.25) is 5.95 Å². The van der Waals surface area contributed by atoms with Gasteiger partial charge in [-0.2, -0.15) is 0 Å². The highest BCUT2D eigenvalue weighted by Gasteiger charge is 2.50. The fourth-order valence-corrected chi connectivity index (χ4v) is 11.8. The van der Waals surface area contributed by atoms with Crippen molar-refractivity contribution in [1.29, 1.82) is 0 Å². The van der Waals surface area contributed by atoms with Crippen LogP contribution in [0.1, 0.15) is 6.92 Å². The Kier molecular flexibility index (Phi) is 9.91. The van der Waals surface area contributed by atoms with Gasteiger partial charge in [-0.05, 0) is 95.9 Å². The van der Waals surface area contributed by atoms with Gasteiger partial charge in [-0.1, -0.05) is 164 Å². The molecule has 2 aromatic heterocycles. The summed E-state index contributed by atoms with van der Waals surface area (Å²) in [5.41, 5.74) is 11.4. The first-order valence-electron chi connectivity index (χ1n) is 21.5. The number of rotatable bonds is 9. The van der Waals surface area contributed by atoms with Gasteiger partial charge in [-0.15, -0.1) is 0 Å². The summed E-state index contributed by atoms with van der Waals surface area (Å²) in [7, 11) is -3.78. The van der Waals surface area contributed by atoms with E-state index in [1.807, 2.05) is 125 Å². The average molecular weight is 844 g/mol. The number of fused-ring (bicyclic) bond motifs is 5. The molecule has 0 N–H and O–H groups in total. The Hall–Kier alpha value is -8.05. The second-order valence-electron chi connectivity index (χ2n) is 15.7. The molecule has 0 amide bonds. The van der Waals surface area contributed by atoms with E-state index >= 15 is 4.57 Å². The Balaban J connectivity index is 1.12. The van der Waals surface area contributed by atoms with Crippen molar-refractivity contribution in [2.45, 2.75) is 6.92 Å². The second kappa shape index (κ2) is 16.3. The maximum absolute atomic E-state index is 16.8. The molecule has 6 nitrogen and oxygen atoms in total. The lowest BCUT2D eigenvalue weighted by Crippen LogP contribution is -2.27. The molecule has 8 aromatic carbocycles. The van der Waals surface area contributed by atoms with Crippen molar-refractivity contribution in [3.8, 4) is 33.5 Å². The normalized spacial score (nSPS) is 15.1. The molecule has 0 saturated carbocycles. The van der Waals surface area contributed by atoms with Crippen LogP contribution in [0.25, 0.3) is 72.4 Å². The first kappa shape index (κ1) is 38.8. The van der Waals surface area contributed by atoms with Gasteiger partial charge in [0.15, 0.2) is 0 Å². The Morgan fingerprint density at radius 2 is 1.05 bits per heavy atom. The van der Waals surface area contributed by atoms with E-state index in [-0.39, 0.29) is 0 Å². The molecular formula is C57H42N5OP. The molecule has 10 aromatic rings. The van der Waals surface area contributed by atoms with Gasteiger partial charge in [-0.3, -0.25) is 9.24 Å². The second-order valence-corrected chi connectivity index (χ2v) is 18.2. The lowest BCUT2D eigenvalue weighted by Gasteiger charge is -2.32. The standard InChI is InChI=1S/C57H42N5OP/c1-2-3-4-5-19-38-60-52-29-18-16-26-48(52)50-39-44(34-36-53(50)60)45-35-37-54-55(40-45)62(64(63,47-24-13-8-14-25-47)61(54)46-22-11-7-12-23-46)57-58-51-28-17-15-27-49(51)56(59-57)43-32-30-42(31-33-43)41-20-9-6-10-21-41/h2-40H,1H3/b3-2-,5-4-,38-19+. The third-order valence-corrected chi connectivity index (χ3v) is 14.8. The molecule has 1 atom stereocenters. The number of allylic oxidation sites excluding steroid dienone is 5. The van der Waals surface area contributed by atoms with E-state index in [0.29, 0.717) is 11.3 Å². The highest BCUT2D eigenvalue weighted by atomic mass is 31.2. The summed E-state index contributed by atoms with van der Waals surface area (Å²) < 4.78 is 23.0. The highest BCUT2D eigenvalue weighted by molar-refractivity contribution is 7.76. The predicted molar refractivity (Wildman–Crippen MR) is 269 cm³/mol. The van der Waals surface area contributed by atoms with Crippen molar-refractivity contribution in [3.05, 3.63) is 231 Å². The lowest BCUT2D eigenvalue weighted by molar-refractivity contribution is 0.582. The minimum Gasteiger partial charge on any atom is -0.316 e. The number of hydrogen-bond acceptors (Lipinski definition) is 3. The van der Waals surface area contributed by atoms with Crippen molar-refractivity contribution >= 4 is 74.7 Å². The molecule has 7 heteroatoms. The van der Waals surface area contributed by atoms with Crippen molar-refractivity contribution in [3.63, 3.8) is 0 Å². The van der Waals surface area contributed by atoms with Crippen LogP contribution in [0.5, 0.6) is 0 Å². The lowest BCUT2D eigenvalue weighted by atomic mass is 10.0. The summed E-state index contributed by atoms with van der Waals surface area (Å²) in [6.45, 7) is 2.01. The summed E-state index contributed by atoms with van der Waals surface area (Å²) in [5, 5.41) is 3.90. The van der Waals surface area contributed by atoms with E-state index in [0.717, 1.165) is 77.9 Å². The molecule has 1 aliphatic rings. The summed E-state index contributed by atoms with van der Waals surface area (Å²) >= 11 is 0. The number of anilines is 4. The third-order valence-electron chi connectivity index (χ3n) is 11.9. The molecule has 64 heavy (non-hydrogen) atoms. The van der Waals surface area contributed by atoms with Crippen LogP contribution in [-0.2, 0) is 4.57 Å². The maximum atomic E-state index is 16.8. The molecule has 3 heterocycles. The van der Waals surface area contributed by atoms with Crippen molar-refractivity contribution in [1.82, 2.24) is 14.5 Å². The van der Waals surface area contributed by atoms with Gasteiger partial charge in [0, 0.05) is 33.6 Å². The molecule has 0 saturated heterocycles. The van der Waals surface area contributed by atoms with E-state index in [2.05, 4.69) is 132 Å². The average Bonchev–Trinajstić information content (AvgIpc) is 3.82. The summed E-state index contributed by atoms with van der Waals surface area (Å²) in [4.78, 5) is 10.7. The van der Waals surface area contributed by atoms with E-state index in [9.17, 15) is 0 Å². The van der Waals surface area contributed by atoms with Gasteiger partial charge >= 0.3 is 7.44 Å². The van der Waals surface area contributed by atoms with Gasteiger partial charge in [0.25, 0.3) is 0 Å². The van der Waals surface area contributed by atoms with E-state index in [1.54, 1.807) is 0 Å². The van der Waals surface area contributed by atoms with Crippen LogP contribution >= 0.6 is 7.44 Å². The summed E-state index contributed by atoms with van der Waals surface area (Å²) in [6.07, 6.45) is 12.3. The van der Waals surface area contributed by atoms with Gasteiger partial charge < -0.3 is 4.57 Å². The largest absolute Gasteiger partial charge is 0.316 e. The molecule has 0 bridgehead atoms. The monoisotopic (exact) mass is 843 g/mol. The first-order valence-corrected chi connectivity index (χ1v) is 23.1. The Morgan fingerprint density at radius 3 is 1.83 bits per heavy atom. The van der Waals surface area contributed by atoms with Crippen LogP contribution in [-0.4, -0.2) is 14.5 Å². The van der Waals surface area contributed by atoms with E-state index in [4.69, 9.17) is 9.97 Å². The topological polar surface area (TPSA) is 54.3 Å². The van der Waals surface area contributed by atoms with Gasteiger partial charge in [-0.25, -0.2) is 14.6 Å². The Labute approximate surface area is 372 Å². The molecule has 0 spiro atoms. The number of nitrogens with zero attached hydrogens (tertiary/aromatic N) is 5. The van der Waals surface area contributed by atoms with Crippen LogP contribution < -0.4 is 14.6 Å². The van der Waals surface area contributed by atoms with Crippen molar-refractivity contribution in [2.24, 2.45) is 0 Å². The Bertz CT molecular complexity index is 3490. The molecular weight excluding hydrogens is 802 g/mol. The number of hydrogen-bond donors (Lipinski definition) is 0. The molecule has 0 aliphatic carbocycles. The minimum atomic E-state index is -3.78. The van der Waals surface area contributed by atoms with E-state index in [1.165, 1.54) is 5.39 Å². The zero-order valence-electron chi connectivity index (χ0n) is 35.1. The fraction of sp³-hybridized carbons (Fsp3) is 0.0175. The minimum absolute atomic E-state index is 0.360. The molecule has 0 radical (unpaired) electrons. The van der Waals surface area contributed by atoms with Crippen LogP contribution in [0, 0.1) is 0 Å². The van der Waals surface area contributed by atoms with Crippen LogP contribution in [0.4, 0.5) is 23.0 Å². The molecule has 1 unspecified atom stereocenters.